The van der Waals surface area contributed by atoms with E-state index >= 15 is 0 Å². The molecule has 170 valence electrons. The molecule has 0 aliphatic heterocycles. The number of aryl methyl sites for hydroxylation is 3. The molecule has 1 aromatic heterocycles. The van der Waals surface area contributed by atoms with Crippen LogP contribution in [0.15, 0.2) is 36.4 Å². The minimum Gasteiger partial charge on any atom is -0.369 e. The number of carbonyl (C=O) groups is 1. The summed E-state index contributed by atoms with van der Waals surface area (Å²) in [6.07, 6.45) is 1.01. The van der Waals surface area contributed by atoms with Gasteiger partial charge < -0.3 is 20.4 Å². The first-order valence-electron chi connectivity index (χ1n) is 11.0. The maximum atomic E-state index is 12.9. The van der Waals surface area contributed by atoms with E-state index < -0.39 is 0 Å². The van der Waals surface area contributed by atoms with Crippen LogP contribution in [0.1, 0.15) is 28.9 Å². The molecule has 0 aliphatic rings. The van der Waals surface area contributed by atoms with E-state index in [1.165, 1.54) is 5.56 Å². The van der Waals surface area contributed by atoms with Gasteiger partial charge in [0.25, 0.3) is 0 Å². The molecular formula is C25H34N6O. The lowest BCUT2D eigenvalue weighted by Gasteiger charge is -2.20. The van der Waals surface area contributed by atoms with Crippen LogP contribution in [-0.2, 0) is 6.54 Å². The van der Waals surface area contributed by atoms with Gasteiger partial charge in [-0.05, 0) is 71.1 Å². The number of anilines is 2. The van der Waals surface area contributed by atoms with Gasteiger partial charge in [0.05, 0.1) is 12.1 Å². The van der Waals surface area contributed by atoms with Gasteiger partial charge in [-0.3, -0.25) is 0 Å². The van der Waals surface area contributed by atoms with Crippen LogP contribution in [0.3, 0.4) is 0 Å². The van der Waals surface area contributed by atoms with Crippen LogP contribution in [-0.4, -0.2) is 60.0 Å². The van der Waals surface area contributed by atoms with Gasteiger partial charge in [0.1, 0.15) is 5.82 Å². The smallest absolute Gasteiger partial charge is 0.322 e. The zero-order valence-corrected chi connectivity index (χ0v) is 20.0. The van der Waals surface area contributed by atoms with Crippen molar-refractivity contribution in [1.29, 1.82) is 0 Å². The van der Waals surface area contributed by atoms with Crippen molar-refractivity contribution in [3.63, 3.8) is 0 Å². The van der Waals surface area contributed by atoms with Gasteiger partial charge >= 0.3 is 6.03 Å². The summed E-state index contributed by atoms with van der Waals surface area (Å²) in [6, 6.07) is 11.9. The molecule has 7 heteroatoms. The molecule has 32 heavy (non-hydrogen) atoms. The lowest BCUT2D eigenvalue weighted by molar-refractivity contribution is 0.219. The topological polar surface area (TPSA) is 73.4 Å². The highest BCUT2D eigenvalue weighted by atomic mass is 16.2. The fourth-order valence-electron chi connectivity index (χ4n) is 3.80. The molecule has 0 atom stereocenters. The predicted octanol–water partition coefficient (Wildman–Crippen LogP) is 4.58. The number of aromatic nitrogens is 2. The molecule has 0 fully saturated rings. The van der Waals surface area contributed by atoms with Crippen LogP contribution in [0.5, 0.6) is 0 Å². The molecule has 0 aliphatic carbocycles. The number of nitrogens with one attached hydrogen (secondary N) is 2. The zero-order valence-electron chi connectivity index (χ0n) is 20.0. The van der Waals surface area contributed by atoms with Crippen molar-refractivity contribution >= 4 is 28.4 Å². The third-order valence-electron chi connectivity index (χ3n) is 5.36. The second kappa shape index (κ2) is 10.4. The van der Waals surface area contributed by atoms with Crippen LogP contribution in [0.4, 0.5) is 16.3 Å². The molecule has 1 heterocycles. The summed E-state index contributed by atoms with van der Waals surface area (Å²) in [6.45, 7) is 8.21. The van der Waals surface area contributed by atoms with Crippen molar-refractivity contribution < 1.29 is 4.79 Å². The Labute approximate surface area is 190 Å². The van der Waals surface area contributed by atoms with Crippen LogP contribution in [0.25, 0.3) is 10.9 Å². The van der Waals surface area contributed by atoms with E-state index in [9.17, 15) is 4.79 Å². The summed E-state index contributed by atoms with van der Waals surface area (Å²) in [5.74, 6) is 1.41. The maximum absolute atomic E-state index is 12.9. The van der Waals surface area contributed by atoms with Crippen LogP contribution in [0, 0.1) is 20.8 Å². The zero-order chi connectivity index (χ0) is 23.3. The molecule has 0 saturated carbocycles. The molecule has 0 unspecified atom stereocenters. The first-order valence-corrected chi connectivity index (χ1v) is 11.0. The number of urea groups is 1. The minimum absolute atomic E-state index is 0.183. The van der Waals surface area contributed by atoms with Crippen molar-refractivity contribution in [2.45, 2.75) is 33.7 Å². The Bertz CT molecular complexity index is 1070. The Morgan fingerprint density at radius 1 is 1.00 bits per heavy atom. The average Bonchev–Trinajstić information content (AvgIpc) is 2.73. The summed E-state index contributed by atoms with van der Waals surface area (Å²) in [5, 5.41) is 7.48. The first kappa shape index (κ1) is 23.5. The van der Waals surface area contributed by atoms with Gasteiger partial charge in [0.15, 0.2) is 5.82 Å². The number of hydrogen-bond acceptors (Lipinski definition) is 5. The molecule has 0 radical (unpaired) electrons. The van der Waals surface area contributed by atoms with Crippen molar-refractivity contribution in [2.24, 2.45) is 0 Å². The second-order valence-electron chi connectivity index (χ2n) is 8.65. The van der Waals surface area contributed by atoms with Crippen molar-refractivity contribution in [3.8, 4) is 0 Å². The van der Waals surface area contributed by atoms with E-state index in [2.05, 4.69) is 53.7 Å². The molecule has 2 N–H and O–H groups in total. The van der Waals surface area contributed by atoms with Crippen molar-refractivity contribution in [2.75, 3.05) is 44.9 Å². The SMILES string of the molecule is Cc1cc(C)c(NC(=O)N(C)Cc2nc(NCCCN(C)C)c3ccccc3n2)c(C)c1. The molecule has 7 nitrogen and oxygen atoms in total. The predicted molar refractivity (Wildman–Crippen MR) is 132 cm³/mol. The third kappa shape index (κ3) is 5.95. The molecular weight excluding hydrogens is 400 g/mol. The minimum atomic E-state index is -0.183. The highest BCUT2D eigenvalue weighted by molar-refractivity contribution is 5.91. The maximum Gasteiger partial charge on any atom is 0.322 e. The van der Waals surface area contributed by atoms with E-state index in [-0.39, 0.29) is 6.03 Å². The molecule has 0 spiro atoms. The molecule has 2 amide bonds. The van der Waals surface area contributed by atoms with E-state index in [1.54, 1.807) is 11.9 Å². The van der Waals surface area contributed by atoms with Gasteiger partial charge in [0.2, 0.25) is 0 Å². The fourth-order valence-corrected chi connectivity index (χ4v) is 3.80. The highest BCUT2D eigenvalue weighted by Gasteiger charge is 2.15. The molecule has 0 saturated heterocycles. The van der Waals surface area contributed by atoms with E-state index in [4.69, 9.17) is 4.98 Å². The van der Waals surface area contributed by atoms with Gasteiger partial charge in [-0.1, -0.05) is 29.8 Å². The first-order chi connectivity index (χ1) is 15.2. The Balaban J connectivity index is 1.75. The monoisotopic (exact) mass is 434 g/mol. The van der Waals surface area contributed by atoms with Gasteiger partial charge in [0, 0.05) is 24.7 Å². The van der Waals surface area contributed by atoms with Gasteiger partial charge in [-0.2, -0.15) is 0 Å². The third-order valence-corrected chi connectivity index (χ3v) is 5.36. The largest absolute Gasteiger partial charge is 0.369 e. The highest BCUT2D eigenvalue weighted by Crippen LogP contribution is 2.23. The van der Waals surface area contributed by atoms with E-state index in [0.717, 1.165) is 53.0 Å². The number of hydrogen-bond donors (Lipinski definition) is 2. The number of amides is 2. The number of benzene rings is 2. The van der Waals surface area contributed by atoms with Crippen molar-refractivity contribution in [3.05, 3.63) is 58.9 Å². The quantitative estimate of drug-likeness (QED) is 0.508. The normalized spacial score (nSPS) is 11.1. The van der Waals surface area contributed by atoms with Crippen LogP contribution in [0.2, 0.25) is 0 Å². The second-order valence-corrected chi connectivity index (χ2v) is 8.65. The molecule has 3 rings (SSSR count). The number of carbonyl (C=O) groups excluding carboxylic acids is 1. The van der Waals surface area contributed by atoms with Gasteiger partial charge in [-0.25, -0.2) is 14.8 Å². The number of fused-ring (bicyclic) bond motifs is 1. The molecule has 2 aromatic carbocycles. The number of nitrogens with zero attached hydrogens (tertiary/aromatic N) is 4. The van der Waals surface area contributed by atoms with E-state index in [0.29, 0.717) is 12.4 Å². The summed E-state index contributed by atoms with van der Waals surface area (Å²) >= 11 is 0. The Morgan fingerprint density at radius 2 is 1.69 bits per heavy atom. The summed E-state index contributed by atoms with van der Waals surface area (Å²) in [4.78, 5) is 26.1. The van der Waals surface area contributed by atoms with Gasteiger partial charge in [-0.15, -0.1) is 0 Å². The fraction of sp³-hybridized carbons (Fsp3) is 0.400. The lowest BCUT2D eigenvalue weighted by atomic mass is 10.1. The average molecular weight is 435 g/mol. The van der Waals surface area contributed by atoms with E-state index in [1.807, 2.05) is 38.1 Å². The summed E-state index contributed by atoms with van der Waals surface area (Å²) in [5.41, 5.74) is 5.01. The Kier molecular flexibility index (Phi) is 7.64. The standard InChI is InChI=1S/C25H34N6O/c1-17-14-18(2)23(19(3)15-17)29-25(32)31(6)16-22-27-21-11-8-7-10-20(21)24(28-22)26-12-9-13-30(4)5/h7-8,10-11,14-15H,9,12-13,16H2,1-6H3,(H,29,32)(H,26,27,28). The van der Waals surface area contributed by atoms with Crippen LogP contribution < -0.4 is 10.6 Å². The number of rotatable bonds is 8. The number of para-hydroxylation sites is 1. The molecule has 0 bridgehead atoms. The van der Waals surface area contributed by atoms with Crippen LogP contribution >= 0.6 is 0 Å². The van der Waals surface area contributed by atoms with Crippen molar-refractivity contribution in [1.82, 2.24) is 19.8 Å². The summed E-state index contributed by atoms with van der Waals surface area (Å²) in [7, 11) is 5.90. The summed E-state index contributed by atoms with van der Waals surface area (Å²) < 4.78 is 0. The Morgan fingerprint density at radius 3 is 2.38 bits per heavy atom. The molecule has 3 aromatic rings. The Hall–Kier alpha value is -3.19. The lowest BCUT2D eigenvalue weighted by Crippen LogP contribution is -2.32.